The molecule has 0 saturated carbocycles. The molecule has 0 heterocycles. The Hall–Kier alpha value is -0.203. The molecule has 0 radical (unpaired) electrons. The second-order valence-electron chi connectivity index (χ2n) is 2.25. The molecule has 0 aliphatic rings. The van der Waals surface area contributed by atoms with Gasteiger partial charge in [-0.3, -0.25) is 0 Å². The molecule has 5 heteroatoms. The summed E-state index contributed by atoms with van der Waals surface area (Å²) in [5.74, 6) is 0. The molecule has 0 atom stereocenters. The Kier molecular flexibility index (Phi) is 7.11. The Balaban J connectivity index is 4.16. The van der Waals surface area contributed by atoms with Gasteiger partial charge in [0, 0.05) is 13.2 Å². The van der Waals surface area contributed by atoms with Crippen LogP contribution in [-0.4, -0.2) is 40.3 Å². The summed E-state index contributed by atoms with van der Waals surface area (Å²) in [6.45, 7) is 8.58. The van der Waals surface area contributed by atoms with E-state index in [-0.39, 0.29) is 13.2 Å². The average molecular weight is 206 g/mol. The lowest BCUT2D eigenvalue weighted by atomic mass is 10.8. The quantitative estimate of drug-likeness (QED) is 0.595. The van der Waals surface area contributed by atoms with Crippen LogP contribution in [0.4, 0.5) is 0 Å². The van der Waals surface area contributed by atoms with Gasteiger partial charge in [-0.25, -0.2) is 0 Å². The fourth-order valence-electron chi connectivity index (χ4n) is 0.892. The van der Waals surface area contributed by atoms with Crippen LogP contribution in [0.2, 0.25) is 0 Å². The van der Waals surface area contributed by atoms with Crippen LogP contribution in [0, 0.1) is 0 Å². The zero-order valence-corrected chi connectivity index (χ0v) is 9.28. The third kappa shape index (κ3) is 4.54. The third-order valence-corrected chi connectivity index (χ3v) is 3.82. The summed E-state index contributed by atoms with van der Waals surface area (Å²) in [5.41, 5.74) is 1.58. The fourth-order valence-corrected chi connectivity index (χ4v) is 2.68. The Morgan fingerprint density at radius 1 is 1.23 bits per heavy atom. The van der Waals surface area contributed by atoms with E-state index in [0.717, 1.165) is 0 Å². The SMILES string of the molecule is C=C[Si](OCC)(OCC)OCCO. The maximum absolute atomic E-state index is 8.61. The molecular weight excluding hydrogens is 188 g/mol. The average Bonchev–Trinajstić information content (AvgIpc) is 2.15. The number of rotatable bonds is 8. The Morgan fingerprint density at radius 2 is 1.77 bits per heavy atom. The Labute approximate surface area is 80.5 Å². The summed E-state index contributed by atoms with van der Waals surface area (Å²) in [7, 11) is -2.69. The van der Waals surface area contributed by atoms with Gasteiger partial charge in [0.1, 0.15) is 0 Å². The van der Waals surface area contributed by atoms with E-state index in [1.165, 1.54) is 0 Å². The number of aliphatic hydroxyl groups excluding tert-OH is 1. The smallest absolute Gasteiger partial charge is 0.394 e. The van der Waals surface area contributed by atoms with Crippen LogP contribution in [-0.2, 0) is 13.3 Å². The highest BCUT2D eigenvalue weighted by molar-refractivity contribution is 6.66. The summed E-state index contributed by atoms with van der Waals surface area (Å²) in [5, 5.41) is 8.61. The highest BCUT2D eigenvalue weighted by Crippen LogP contribution is 2.10. The highest BCUT2D eigenvalue weighted by atomic mass is 28.4. The number of hydrogen-bond donors (Lipinski definition) is 1. The summed E-state index contributed by atoms with van der Waals surface area (Å²) >= 11 is 0. The molecular formula is C8H18O4Si. The van der Waals surface area contributed by atoms with E-state index in [4.69, 9.17) is 18.4 Å². The van der Waals surface area contributed by atoms with Gasteiger partial charge in [0.2, 0.25) is 0 Å². The molecule has 0 saturated heterocycles. The molecule has 0 aliphatic heterocycles. The lowest BCUT2D eigenvalue weighted by Gasteiger charge is -2.24. The van der Waals surface area contributed by atoms with E-state index in [2.05, 4.69) is 6.58 Å². The van der Waals surface area contributed by atoms with E-state index < -0.39 is 8.80 Å². The van der Waals surface area contributed by atoms with Gasteiger partial charge in [0.15, 0.2) is 0 Å². The molecule has 0 fully saturated rings. The maximum atomic E-state index is 8.61. The minimum Gasteiger partial charge on any atom is -0.394 e. The first-order chi connectivity index (χ1) is 6.24. The molecule has 0 aromatic carbocycles. The van der Waals surface area contributed by atoms with Crippen LogP contribution in [0.1, 0.15) is 13.8 Å². The predicted molar refractivity (Wildman–Crippen MR) is 52.2 cm³/mol. The standard InChI is InChI=1S/C8H18O4Si/c1-4-10-13(6-3,11-5-2)12-8-7-9/h6,9H,3-5,7-8H2,1-2H3. The maximum Gasteiger partial charge on any atom is 0.529 e. The van der Waals surface area contributed by atoms with Crippen LogP contribution < -0.4 is 0 Å². The first-order valence-corrected chi connectivity index (χ1v) is 6.21. The van der Waals surface area contributed by atoms with Crippen LogP contribution in [0.15, 0.2) is 12.3 Å². The Morgan fingerprint density at radius 3 is 2.08 bits per heavy atom. The molecule has 78 valence electrons. The van der Waals surface area contributed by atoms with Crippen molar-refractivity contribution in [2.45, 2.75) is 13.8 Å². The lowest BCUT2D eigenvalue weighted by molar-refractivity contribution is 0.0648. The molecule has 0 aromatic rings. The number of aliphatic hydroxyl groups is 1. The summed E-state index contributed by atoms with van der Waals surface area (Å²) in [6, 6.07) is 0. The number of hydrogen-bond acceptors (Lipinski definition) is 4. The van der Waals surface area contributed by atoms with Gasteiger partial charge in [-0.05, 0) is 19.5 Å². The minimum atomic E-state index is -2.69. The second kappa shape index (κ2) is 7.22. The fraction of sp³-hybridized carbons (Fsp3) is 0.750. The van der Waals surface area contributed by atoms with Crippen LogP contribution >= 0.6 is 0 Å². The molecule has 0 aliphatic carbocycles. The van der Waals surface area contributed by atoms with Gasteiger partial charge in [-0.15, -0.1) is 0 Å². The topological polar surface area (TPSA) is 47.9 Å². The predicted octanol–water partition coefficient (Wildman–Crippen LogP) is 0.732. The van der Waals surface area contributed by atoms with E-state index in [9.17, 15) is 0 Å². The van der Waals surface area contributed by atoms with Gasteiger partial charge in [0.25, 0.3) is 0 Å². The van der Waals surface area contributed by atoms with Gasteiger partial charge in [0.05, 0.1) is 13.2 Å². The molecule has 1 N–H and O–H groups in total. The van der Waals surface area contributed by atoms with Gasteiger partial charge in [-0.2, -0.15) is 0 Å². The van der Waals surface area contributed by atoms with Crippen molar-refractivity contribution in [3.8, 4) is 0 Å². The second-order valence-corrected chi connectivity index (χ2v) is 4.73. The van der Waals surface area contributed by atoms with Gasteiger partial charge in [-0.1, -0.05) is 6.58 Å². The van der Waals surface area contributed by atoms with Crippen molar-refractivity contribution in [1.82, 2.24) is 0 Å². The molecule has 4 nitrogen and oxygen atoms in total. The first-order valence-electron chi connectivity index (χ1n) is 4.41. The van der Waals surface area contributed by atoms with Crippen molar-refractivity contribution in [2.75, 3.05) is 26.4 Å². The molecule has 0 bridgehead atoms. The van der Waals surface area contributed by atoms with Crippen molar-refractivity contribution in [1.29, 1.82) is 0 Å². The molecule has 0 amide bonds. The summed E-state index contributed by atoms with van der Waals surface area (Å²) < 4.78 is 16.1. The van der Waals surface area contributed by atoms with Gasteiger partial charge < -0.3 is 18.4 Å². The Bertz CT molecular complexity index is 134. The molecule has 0 spiro atoms. The zero-order chi connectivity index (χ0) is 10.2. The lowest BCUT2D eigenvalue weighted by Crippen LogP contribution is -2.44. The zero-order valence-electron chi connectivity index (χ0n) is 8.28. The van der Waals surface area contributed by atoms with Crippen molar-refractivity contribution >= 4 is 8.80 Å². The molecule has 0 aromatic heterocycles. The largest absolute Gasteiger partial charge is 0.529 e. The molecule has 13 heavy (non-hydrogen) atoms. The van der Waals surface area contributed by atoms with E-state index in [1.54, 1.807) is 5.70 Å². The van der Waals surface area contributed by atoms with Gasteiger partial charge >= 0.3 is 8.80 Å². The summed E-state index contributed by atoms with van der Waals surface area (Å²) in [6.07, 6.45) is 0. The minimum absolute atomic E-state index is 0.0389. The van der Waals surface area contributed by atoms with Crippen molar-refractivity contribution in [3.63, 3.8) is 0 Å². The van der Waals surface area contributed by atoms with E-state index in [1.807, 2.05) is 13.8 Å². The summed E-state index contributed by atoms with van der Waals surface area (Å²) in [4.78, 5) is 0. The normalized spacial score (nSPS) is 11.6. The monoisotopic (exact) mass is 206 g/mol. The first kappa shape index (κ1) is 12.8. The van der Waals surface area contributed by atoms with Crippen LogP contribution in [0.5, 0.6) is 0 Å². The third-order valence-electron chi connectivity index (χ3n) is 1.34. The molecule has 0 unspecified atom stereocenters. The van der Waals surface area contributed by atoms with E-state index in [0.29, 0.717) is 13.2 Å². The van der Waals surface area contributed by atoms with Crippen LogP contribution in [0.3, 0.4) is 0 Å². The van der Waals surface area contributed by atoms with E-state index >= 15 is 0 Å². The van der Waals surface area contributed by atoms with Crippen molar-refractivity contribution in [3.05, 3.63) is 12.3 Å². The molecule has 0 rings (SSSR count). The highest BCUT2D eigenvalue weighted by Gasteiger charge is 2.36. The van der Waals surface area contributed by atoms with Crippen molar-refractivity contribution < 1.29 is 18.4 Å². The van der Waals surface area contributed by atoms with Crippen LogP contribution in [0.25, 0.3) is 0 Å². The van der Waals surface area contributed by atoms with Crippen molar-refractivity contribution in [2.24, 2.45) is 0 Å².